The van der Waals surface area contributed by atoms with Crippen LogP contribution in [0.15, 0.2) is 24.3 Å². The van der Waals surface area contributed by atoms with Crippen molar-refractivity contribution in [2.24, 2.45) is 5.92 Å². The van der Waals surface area contributed by atoms with Crippen molar-refractivity contribution >= 4 is 11.8 Å². The molecule has 0 bridgehead atoms. The first-order valence-corrected chi connectivity index (χ1v) is 11.7. The lowest BCUT2D eigenvalue weighted by Gasteiger charge is -2.42. The Labute approximate surface area is 179 Å². The van der Waals surface area contributed by atoms with Crippen LogP contribution in [-0.2, 0) is 16.0 Å². The van der Waals surface area contributed by atoms with Gasteiger partial charge in [0.15, 0.2) is 0 Å². The van der Waals surface area contributed by atoms with Crippen LogP contribution < -0.4 is 0 Å². The molecule has 3 saturated heterocycles. The molecule has 4 rings (SSSR count). The molecule has 5 nitrogen and oxygen atoms in total. The highest BCUT2D eigenvalue weighted by molar-refractivity contribution is 5.79. The van der Waals surface area contributed by atoms with Gasteiger partial charge in [0.05, 0.1) is 6.42 Å². The summed E-state index contributed by atoms with van der Waals surface area (Å²) in [5, 5.41) is 0. The molecule has 1 aromatic rings. The molecular weight excluding hydrogens is 381 g/mol. The summed E-state index contributed by atoms with van der Waals surface area (Å²) >= 11 is 0. The Balaban J connectivity index is 1.20. The molecule has 0 saturated carbocycles. The molecule has 3 aliphatic rings. The van der Waals surface area contributed by atoms with Crippen LogP contribution in [0.2, 0.25) is 0 Å². The van der Waals surface area contributed by atoms with Crippen molar-refractivity contribution in [2.75, 3.05) is 39.3 Å². The van der Waals surface area contributed by atoms with Gasteiger partial charge in [-0.05, 0) is 75.7 Å². The summed E-state index contributed by atoms with van der Waals surface area (Å²) in [7, 11) is 0. The number of hydrogen-bond donors (Lipinski definition) is 0. The van der Waals surface area contributed by atoms with E-state index in [0.29, 0.717) is 18.4 Å². The van der Waals surface area contributed by atoms with Gasteiger partial charge >= 0.3 is 0 Å². The minimum atomic E-state index is -0.270. The van der Waals surface area contributed by atoms with Gasteiger partial charge in [-0.2, -0.15) is 0 Å². The maximum atomic E-state index is 13.0. The summed E-state index contributed by atoms with van der Waals surface area (Å²) in [4.78, 5) is 31.9. The maximum absolute atomic E-state index is 13.0. The normalized spacial score (nSPS) is 22.3. The Hall–Kier alpha value is -1.95. The number of nitrogens with zero attached hydrogens (tertiary/aromatic N) is 3. The van der Waals surface area contributed by atoms with Crippen LogP contribution in [0.1, 0.15) is 50.5 Å². The molecule has 3 fully saturated rings. The van der Waals surface area contributed by atoms with Gasteiger partial charge in [-0.15, -0.1) is 0 Å². The van der Waals surface area contributed by atoms with Crippen molar-refractivity contribution in [2.45, 2.75) is 57.4 Å². The van der Waals surface area contributed by atoms with Gasteiger partial charge < -0.3 is 14.7 Å². The Morgan fingerprint density at radius 1 is 0.800 bits per heavy atom. The van der Waals surface area contributed by atoms with Crippen LogP contribution in [-0.4, -0.2) is 71.8 Å². The number of carbonyl (C=O) groups excluding carboxylic acids is 2. The van der Waals surface area contributed by atoms with E-state index < -0.39 is 0 Å². The fourth-order valence-electron chi connectivity index (χ4n) is 5.25. The van der Waals surface area contributed by atoms with Crippen molar-refractivity contribution in [1.82, 2.24) is 14.7 Å². The number of amides is 2. The number of halogens is 1. The molecule has 0 radical (unpaired) electrons. The second-order valence-electron chi connectivity index (χ2n) is 9.11. The topological polar surface area (TPSA) is 43.9 Å². The lowest BCUT2D eigenvalue weighted by Crippen LogP contribution is -2.51. The molecule has 3 aliphatic heterocycles. The van der Waals surface area contributed by atoms with E-state index in [1.54, 1.807) is 12.1 Å². The SMILES string of the molecule is O=C(Cc1ccc(F)cc1)N1CCC(N2CCC(C(=O)N3CCCCC3)CC2)CC1. The molecule has 2 amide bonds. The highest BCUT2D eigenvalue weighted by Gasteiger charge is 2.33. The molecule has 1 aromatic carbocycles. The Morgan fingerprint density at radius 2 is 1.43 bits per heavy atom. The predicted octanol–water partition coefficient (Wildman–Crippen LogP) is 3.08. The average molecular weight is 416 g/mol. The summed E-state index contributed by atoms with van der Waals surface area (Å²) in [6.07, 6.45) is 7.85. The zero-order valence-corrected chi connectivity index (χ0v) is 17.9. The largest absolute Gasteiger partial charge is 0.342 e. The molecule has 30 heavy (non-hydrogen) atoms. The third-order valence-corrected chi connectivity index (χ3v) is 7.15. The molecule has 6 heteroatoms. The number of piperidine rings is 3. The number of benzene rings is 1. The Kier molecular flexibility index (Phi) is 7.03. The first-order valence-electron chi connectivity index (χ1n) is 11.7. The first-order chi connectivity index (χ1) is 14.6. The van der Waals surface area contributed by atoms with Crippen molar-refractivity contribution in [3.8, 4) is 0 Å². The van der Waals surface area contributed by atoms with Gasteiger partial charge in [0, 0.05) is 38.1 Å². The zero-order valence-electron chi connectivity index (χ0n) is 17.9. The second kappa shape index (κ2) is 9.90. The summed E-state index contributed by atoms with van der Waals surface area (Å²) in [5.74, 6) is 0.451. The van der Waals surface area contributed by atoms with Crippen LogP contribution in [0.3, 0.4) is 0 Å². The molecule has 3 heterocycles. The van der Waals surface area contributed by atoms with Crippen molar-refractivity contribution in [3.63, 3.8) is 0 Å². The highest BCUT2D eigenvalue weighted by atomic mass is 19.1. The summed E-state index contributed by atoms with van der Waals surface area (Å²) in [5.41, 5.74) is 0.865. The fraction of sp³-hybridized carbons (Fsp3) is 0.667. The van der Waals surface area contributed by atoms with Crippen LogP contribution in [0, 0.1) is 11.7 Å². The zero-order chi connectivity index (χ0) is 20.9. The Bertz CT molecular complexity index is 716. The fourth-order valence-corrected chi connectivity index (χ4v) is 5.25. The molecule has 0 atom stereocenters. The van der Waals surface area contributed by atoms with Crippen LogP contribution in [0.4, 0.5) is 4.39 Å². The van der Waals surface area contributed by atoms with Gasteiger partial charge in [0.25, 0.3) is 0 Å². The van der Waals surface area contributed by atoms with Gasteiger partial charge in [-0.1, -0.05) is 12.1 Å². The van der Waals surface area contributed by atoms with E-state index in [2.05, 4.69) is 9.80 Å². The standard InChI is InChI=1S/C24H34FN3O2/c25-21-6-4-19(5-7-21)18-23(29)27-16-10-22(11-17-27)26-14-8-20(9-15-26)24(30)28-12-2-1-3-13-28/h4-7,20,22H,1-3,8-18H2. The van der Waals surface area contributed by atoms with Gasteiger partial charge in [0.2, 0.25) is 11.8 Å². The number of rotatable bonds is 4. The minimum Gasteiger partial charge on any atom is -0.342 e. The third-order valence-electron chi connectivity index (χ3n) is 7.15. The number of hydrogen-bond acceptors (Lipinski definition) is 3. The average Bonchev–Trinajstić information content (AvgIpc) is 2.81. The van der Waals surface area contributed by atoms with Crippen molar-refractivity contribution in [1.29, 1.82) is 0 Å². The van der Waals surface area contributed by atoms with E-state index in [1.165, 1.54) is 18.6 Å². The Morgan fingerprint density at radius 3 is 2.07 bits per heavy atom. The highest BCUT2D eigenvalue weighted by Crippen LogP contribution is 2.26. The predicted molar refractivity (Wildman–Crippen MR) is 114 cm³/mol. The minimum absolute atomic E-state index is 0.130. The molecule has 0 N–H and O–H groups in total. The molecule has 0 aromatic heterocycles. The van der Waals surface area contributed by atoms with Crippen molar-refractivity contribution in [3.05, 3.63) is 35.6 Å². The molecule has 0 unspecified atom stereocenters. The van der Waals surface area contributed by atoms with Gasteiger partial charge in [-0.25, -0.2) is 4.39 Å². The van der Waals surface area contributed by atoms with Gasteiger partial charge in [-0.3, -0.25) is 9.59 Å². The third kappa shape index (κ3) is 5.20. The van der Waals surface area contributed by atoms with Crippen molar-refractivity contribution < 1.29 is 14.0 Å². The molecule has 0 aliphatic carbocycles. The maximum Gasteiger partial charge on any atom is 0.226 e. The van der Waals surface area contributed by atoms with Gasteiger partial charge in [0.1, 0.15) is 5.82 Å². The number of carbonyl (C=O) groups is 2. The summed E-state index contributed by atoms with van der Waals surface area (Å²) < 4.78 is 13.0. The summed E-state index contributed by atoms with van der Waals surface area (Å²) in [6.45, 7) is 5.47. The van der Waals surface area contributed by atoms with E-state index in [-0.39, 0.29) is 17.6 Å². The lowest BCUT2D eigenvalue weighted by molar-refractivity contribution is -0.138. The van der Waals surface area contributed by atoms with Crippen LogP contribution in [0.5, 0.6) is 0 Å². The molecule has 164 valence electrons. The summed E-state index contributed by atoms with van der Waals surface area (Å²) in [6, 6.07) is 6.72. The monoisotopic (exact) mass is 415 g/mol. The van der Waals surface area contributed by atoms with Crippen LogP contribution in [0.25, 0.3) is 0 Å². The van der Waals surface area contributed by atoms with E-state index >= 15 is 0 Å². The van der Waals surface area contributed by atoms with E-state index in [9.17, 15) is 14.0 Å². The van der Waals surface area contributed by atoms with E-state index in [4.69, 9.17) is 0 Å². The van der Waals surface area contributed by atoms with E-state index in [0.717, 1.165) is 83.4 Å². The number of likely N-dealkylation sites (tertiary alicyclic amines) is 3. The second-order valence-corrected chi connectivity index (χ2v) is 9.11. The lowest BCUT2D eigenvalue weighted by atomic mass is 9.91. The van der Waals surface area contributed by atoms with Crippen LogP contribution >= 0.6 is 0 Å². The van der Waals surface area contributed by atoms with E-state index in [1.807, 2.05) is 4.90 Å². The molecule has 0 spiro atoms. The smallest absolute Gasteiger partial charge is 0.226 e. The quantitative estimate of drug-likeness (QED) is 0.759. The molecular formula is C24H34FN3O2. The first kappa shape index (κ1) is 21.3.